The molecule has 5 saturated heterocycles. The van der Waals surface area contributed by atoms with Gasteiger partial charge in [-0.1, -0.05) is 12.2 Å². The van der Waals surface area contributed by atoms with E-state index >= 15 is 0 Å². The van der Waals surface area contributed by atoms with Crippen molar-refractivity contribution in [3.8, 4) is 28.7 Å². The Morgan fingerprint density at radius 3 is 1.05 bits per heavy atom. The van der Waals surface area contributed by atoms with Crippen LogP contribution >= 0.6 is 11.7 Å². The summed E-state index contributed by atoms with van der Waals surface area (Å²) in [4.78, 5) is 107. The predicted molar refractivity (Wildman–Crippen MR) is 509 cm³/mol. The van der Waals surface area contributed by atoms with Crippen LogP contribution in [0.25, 0.3) is 11.0 Å². The molecule has 0 spiro atoms. The lowest BCUT2D eigenvalue weighted by atomic mass is 10.00. The number of ether oxygens (including phenoxy) is 10. The molecule has 5 aromatic carbocycles. The Morgan fingerprint density at radius 2 is 0.724 bits per heavy atom. The number of carbonyl (C=O) groups excluding carboxylic acids is 6. The van der Waals surface area contributed by atoms with Crippen LogP contribution in [-0.2, 0) is 65.4 Å². The van der Waals surface area contributed by atoms with Crippen molar-refractivity contribution in [2.24, 2.45) is 0 Å². The number of nitrogens with zero attached hydrogens (tertiary/aromatic N) is 12. The second-order valence-electron chi connectivity index (χ2n) is 37.4. The summed E-state index contributed by atoms with van der Waals surface area (Å²) in [5.74, 6) is 3.06. The number of ketones is 1. The predicted octanol–water partition coefficient (Wildman–Crippen LogP) is 13.5. The first kappa shape index (κ1) is 92.7. The van der Waals surface area contributed by atoms with Gasteiger partial charge in [0, 0.05) is 192 Å². The van der Waals surface area contributed by atoms with Crippen molar-refractivity contribution < 1.29 is 80.6 Å². The van der Waals surface area contributed by atoms with Gasteiger partial charge in [-0.3, -0.25) is 43.7 Å². The highest BCUT2D eigenvalue weighted by Crippen LogP contribution is 2.48. The molecule has 34 nitrogen and oxygen atoms in total. The van der Waals surface area contributed by atoms with E-state index in [1.54, 1.807) is 49.1 Å². The number of nitrogens with one attached hydrogen (secondary N) is 5. The average molecular weight is 1850 g/mol. The van der Waals surface area contributed by atoms with Gasteiger partial charge in [0.25, 0.3) is 29.5 Å². The van der Waals surface area contributed by atoms with E-state index in [1.807, 2.05) is 73.7 Å². The van der Waals surface area contributed by atoms with Gasteiger partial charge in [0.05, 0.1) is 171 Å². The lowest BCUT2D eigenvalue weighted by Gasteiger charge is -2.31. The van der Waals surface area contributed by atoms with E-state index in [-0.39, 0.29) is 86.8 Å². The van der Waals surface area contributed by atoms with Crippen LogP contribution in [0.5, 0.6) is 28.7 Å². The van der Waals surface area contributed by atoms with Crippen molar-refractivity contribution in [1.82, 2.24) is 33.7 Å². The molecule has 11 aliphatic rings. The van der Waals surface area contributed by atoms with Crippen molar-refractivity contribution in [3.63, 3.8) is 0 Å². The fraction of sp³-hybridized carbons (Fsp3) is 0.424. The van der Waals surface area contributed by atoms with E-state index in [0.29, 0.717) is 88.7 Å². The topological polar surface area (TPSA) is 374 Å². The largest absolute Gasteiger partial charge is 0.487 e. The van der Waals surface area contributed by atoms with Crippen molar-refractivity contribution >= 4 is 115 Å². The van der Waals surface area contributed by atoms with E-state index in [9.17, 15) is 28.8 Å². The van der Waals surface area contributed by atoms with Crippen molar-refractivity contribution in [2.75, 3.05) is 183 Å². The van der Waals surface area contributed by atoms with Gasteiger partial charge in [-0.15, -0.1) is 0 Å². The molecule has 5 amide bonds. The van der Waals surface area contributed by atoms with Crippen LogP contribution in [0.15, 0.2) is 151 Å². The highest BCUT2D eigenvalue weighted by Gasteiger charge is 2.39. The Hall–Kier alpha value is -13.2. The SMILES string of the molecule is CC1(C)Cc2cc(NC(=O)C3=CC=CCC3=O)c(N3CCOCC3)cc2O1.CC1(C)Cc2cc(NC(=O)c3cc4ccncc4o3)c(N3CCOCC3)cc2O1.CC1(C)Cc2cc(NC(=O)c3cnccn3)c(N3CCOCC3)cc2O1.CC1(C)Cc2cc(NC(=O)c3cnsn3)c(N3CCOCC3)cc2O1.Cc1cnc(C(=O)Nc2cc3c(cc2N2CCOCC2)OC(C)(C)C3)cn1. The normalized spacial score (nSPS) is 18.6. The molecule has 134 heavy (non-hydrogen) atoms. The summed E-state index contributed by atoms with van der Waals surface area (Å²) in [7, 11) is 0. The molecule has 21 rings (SSSR count). The minimum Gasteiger partial charge on any atom is -0.487 e. The Balaban J connectivity index is 0.000000117. The molecule has 10 aliphatic heterocycles. The van der Waals surface area contributed by atoms with Gasteiger partial charge in [-0.05, 0) is 125 Å². The van der Waals surface area contributed by atoms with Crippen LogP contribution in [0.1, 0.15) is 151 Å². The molecule has 0 bridgehead atoms. The van der Waals surface area contributed by atoms with Crippen LogP contribution in [-0.4, -0.2) is 229 Å². The van der Waals surface area contributed by atoms with Crippen LogP contribution in [0, 0.1) is 6.92 Å². The van der Waals surface area contributed by atoms with Gasteiger partial charge in [0.15, 0.2) is 22.8 Å². The molecule has 0 radical (unpaired) electrons. The maximum atomic E-state index is 12.9. The molecule has 0 saturated carbocycles. The molecule has 5 N–H and O–H groups in total. The lowest BCUT2D eigenvalue weighted by Crippen LogP contribution is -2.37. The highest BCUT2D eigenvalue weighted by atomic mass is 32.1. The van der Waals surface area contributed by atoms with Crippen molar-refractivity contribution in [3.05, 3.63) is 203 Å². The molecule has 1 aliphatic carbocycles. The van der Waals surface area contributed by atoms with Crippen LogP contribution in [0.4, 0.5) is 56.9 Å². The maximum Gasteiger partial charge on any atom is 0.291 e. The molecule has 0 unspecified atom stereocenters. The van der Waals surface area contributed by atoms with Gasteiger partial charge in [0.1, 0.15) is 68.1 Å². The van der Waals surface area contributed by atoms with Gasteiger partial charge in [-0.25, -0.2) is 9.97 Å². The van der Waals surface area contributed by atoms with Gasteiger partial charge in [0.2, 0.25) is 0 Å². The monoisotopic (exact) mass is 1840 g/mol. The molecule has 702 valence electrons. The van der Waals surface area contributed by atoms with Gasteiger partial charge in [-0.2, -0.15) is 8.75 Å². The zero-order valence-corrected chi connectivity index (χ0v) is 78.2. The van der Waals surface area contributed by atoms with Gasteiger partial charge < -0.3 is 103 Å². The van der Waals surface area contributed by atoms with Crippen molar-refractivity contribution in [2.45, 2.75) is 143 Å². The average Bonchev–Trinajstić information content (AvgIpc) is 1.64. The molecule has 5 fully saturated rings. The van der Waals surface area contributed by atoms with E-state index in [2.05, 4.69) is 154 Å². The summed E-state index contributed by atoms with van der Waals surface area (Å²) >= 11 is 1.02. The number of aryl methyl sites for hydroxylation is 1. The number of allylic oxidation sites excluding steroid dienone is 3. The summed E-state index contributed by atoms with van der Waals surface area (Å²) in [5.41, 5.74) is 15.2. The third-order valence-corrected chi connectivity index (χ3v) is 24.6. The summed E-state index contributed by atoms with van der Waals surface area (Å²) in [6, 6.07) is 23.8. The zero-order valence-electron chi connectivity index (χ0n) is 77.4. The fourth-order valence-corrected chi connectivity index (χ4v) is 18.3. The van der Waals surface area contributed by atoms with Crippen LogP contribution < -0.4 is 74.8 Å². The number of furan rings is 1. The van der Waals surface area contributed by atoms with Crippen molar-refractivity contribution in [1.29, 1.82) is 0 Å². The minimum atomic E-state index is -0.364. The Labute approximate surface area is 781 Å². The minimum absolute atomic E-state index is 0.159. The first-order valence-corrected chi connectivity index (χ1v) is 46.1. The Kier molecular flexibility index (Phi) is 27.3. The molecule has 35 heteroatoms. The third kappa shape index (κ3) is 22.3. The lowest BCUT2D eigenvalue weighted by molar-refractivity contribution is -0.119. The standard InChI is InChI=1S/C22H23N3O4.C21H24N2O4.C20H24N4O3.C19H22N4O3.C17H20N4O3S/c1-22(2)12-15-9-16(17(11-18(15)29-22)25-5-7-27-8-6-25)24-21(26)19-10-14-3-4-23-13-20(14)28-19;1-21(2)13-14-11-16(22-20(25)15-5-3-4-6-18(15)24)17(12-19(14)27-21)23-7-9-26-10-8-23;1-13-11-22-16(12-21-13)19(25)23-15-8-14-10-20(2,3)27-18(14)9-17(15)24-4-6-26-7-5-24;1-19(2)11-13-9-14(22-18(24)15-12-20-3-4-21-15)16(10-17(13)26-19)23-5-7-25-8-6-23;1-17(2)9-11-7-12(19-16(22)13-10-18-25-20-13)14(8-15(11)24-17)21-3-5-23-6-4-21/h3-4,9-11,13H,5-8,12H2,1-2H3,(H,24,26);3-5,11-12H,6-10,13H2,1-2H3,(H,22,25);8-9,11-12H,4-7,10H2,1-3H3,(H,23,25);3-4,9-10,12H,5-8,11H2,1-2H3,(H,22,24);7-8,10H,3-6,9H2,1-2H3,(H,19,22). The summed E-state index contributed by atoms with van der Waals surface area (Å²) < 4.78 is 71.3. The number of fused-ring (bicyclic) bond motifs is 6. The van der Waals surface area contributed by atoms with Crippen LogP contribution in [0.2, 0.25) is 0 Å². The number of hydrogen-bond donors (Lipinski definition) is 5. The Bertz CT molecular complexity index is 6060. The molecular formula is C99H113N17O17S. The maximum absolute atomic E-state index is 12.9. The number of benzene rings is 5. The number of hydrogen-bond acceptors (Lipinski definition) is 30. The summed E-state index contributed by atoms with van der Waals surface area (Å²) in [6.45, 7) is 36.8. The molecule has 10 aromatic rings. The van der Waals surface area contributed by atoms with E-state index in [0.717, 1.165) is 228 Å². The second kappa shape index (κ2) is 39.5. The number of anilines is 10. The smallest absolute Gasteiger partial charge is 0.291 e. The van der Waals surface area contributed by atoms with E-state index in [4.69, 9.17) is 51.8 Å². The number of amides is 5. The number of morpholine rings is 5. The van der Waals surface area contributed by atoms with E-state index in [1.165, 1.54) is 24.8 Å². The quantitative estimate of drug-likeness (QED) is 0.0595. The zero-order chi connectivity index (χ0) is 93.6. The molecule has 15 heterocycles. The first-order chi connectivity index (χ1) is 64.4. The van der Waals surface area contributed by atoms with Crippen LogP contribution in [0.3, 0.4) is 0 Å². The number of Topliss-reactive ketones (excluding diaryl/α,β-unsaturated/α-hetero) is 1. The molecule has 0 atom stereocenters. The number of aromatic nitrogens is 7. The van der Waals surface area contributed by atoms with E-state index < -0.39 is 0 Å². The molecular weight excluding hydrogens is 1730 g/mol. The third-order valence-electron chi connectivity index (χ3n) is 24.1. The highest BCUT2D eigenvalue weighted by molar-refractivity contribution is 6.99. The first-order valence-electron chi connectivity index (χ1n) is 45.4. The summed E-state index contributed by atoms with van der Waals surface area (Å²) in [6.07, 6.45) is 21.7. The Morgan fingerprint density at radius 1 is 0.373 bits per heavy atom. The fourth-order valence-electron chi connectivity index (χ4n) is 17.9. The number of rotatable bonds is 15. The summed E-state index contributed by atoms with van der Waals surface area (Å²) in [5, 5.41) is 15.9. The van der Waals surface area contributed by atoms with Gasteiger partial charge >= 0.3 is 0 Å². The number of carbonyl (C=O) groups is 6. The molecule has 5 aromatic heterocycles. The second-order valence-corrected chi connectivity index (χ2v) is 38.0. The number of pyridine rings is 1.